The largest absolute Gasteiger partial charge is 0.339 e. The van der Waals surface area contributed by atoms with E-state index in [1.54, 1.807) is 36.5 Å². The normalized spacial score (nSPS) is 9.71. The predicted molar refractivity (Wildman–Crippen MR) is 68.7 cm³/mol. The quantitative estimate of drug-likeness (QED) is 0.891. The van der Waals surface area contributed by atoms with E-state index < -0.39 is 0 Å². The lowest BCUT2D eigenvalue weighted by atomic mass is 10.2. The van der Waals surface area contributed by atoms with Gasteiger partial charge in [-0.3, -0.25) is 0 Å². The summed E-state index contributed by atoms with van der Waals surface area (Å²) in [6.45, 7) is 0. The number of anilines is 2. The summed E-state index contributed by atoms with van der Waals surface area (Å²) in [5, 5.41) is 13.0. The monoisotopic (exact) mass is 263 g/mol. The van der Waals surface area contributed by atoms with Gasteiger partial charge in [-0.1, -0.05) is 23.2 Å². The van der Waals surface area contributed by atoms with E-state index in [1.807, 2.05) is 6.07 Å². The lowest BCUT2D eigenvalue weighted by Gasteiger charge is -2.07. The summed E-state index contributed by atoms with van der Waals surface area (Å²) in [4.78, 5) is 4.08. The van der Waals surface area contributed by atoms with Crippen molar-refractivity contribution in [2.45, 2.75) is 0 Å². The highest BCUT2D eigenvalue weighted by molar-refractivity contribution is 6.32. The molecule has 17 heavy (non-hydrogen) atoms. The highest BCUT2D eigenvalue weighted by atomic mass is 35.5. The van der Waals surface area contributed by atoms with E-state index in [-0.39, 0.29) is 0 Å². The average Bonchev–Trinajstić information content (AvgIpc) is 2.32. The number of halogens is 2. The van der Waals surface area contributed by atoms with Gasteiger partial charge < -0.3 is 5.32 Å². The Morgan fingerprint density at radius 1 is 1.12 bits per heavy atom. The van der Waals surface area contributed by atoms with Gasteiger partial charge in [0.15, 0.2) is 0 Å². The maximum absolute atomic E-state index is 8.99. The lowest BCUT2D eigenvalue weighted by molar-refractivity contribution is 1.28. The fraction of sp³-hybridized carbons (Fsp3) is 0. The minimum atomic E-state index is 0.323. The van der Waals surface area contributed by atoms with Gasteiger partial charge in [0.2, 0.25) is 0 Å². The van der Waals surface area contributed by atoms with Crippen LogP contribution in [0.3, 0.4) is 0 Å². The fourth-order valence-corrected chi connectivity index (χ4v) is 1.62. The molecular formula is C12H7Cl2N3. The molecule has 2 aromatic rings. The van der Waals surface area contributed by atoms with Crippen molar-refractivity contribution in [1.82, 2.24) is 4.98 Å². The molecule has 0 atom stereocenters. The summed E-state index contributed by atoms with van der Waals surface area (Å²) in [6.07, 6.45) is 1.54. The summed E-state index contributed by atoms with van der Waals surface area (Å²) in [6, 6.07) is 10.7. The maximum Gasteiger partial charge on any atom is 0.149 e. The molecule has 0 spiro atoms. The van der Waals surface area contributed by atoms with Crippen molar-refractivity contribution < 1.29 is 0 Å². The second-order valence-corrected chi connectivity index (χ2v) is 4.10. The van der Waals surface area contributed by atoms with Gasteiger partial charge in [0.1, 0.15) is 17.5 Å². The van der Waals surface area contributed by atoms with Crippen molar-refractivity contribution in [1.29, 1.82) is 5.26 Å². The van der Waals surface area contributed by atoms with E-state index in [4.69, 9.17) is 28.5 Å². The molecule has 1 N–H and O–H groups in total. The number of hydrogen-bond acceptors (Lipinski definition) is 3. The third-order valence-corrected chi connectivity index (χ3v) is 2.69. The molecule has 2 rings (SSSR count). The van der Waals surface area contributed by atoms with Crippen LogP contribution in [0.1, 0.15) is 5.56 Å². The van der Waals surface area contributed by atoms with Gasteiger partial charge in [0.05, 0.1) is 5.02 Å². The van der Waals surface area contributed by atoms with E-state index in [0.29, 0.717) is 21.4 Å². The third-order valence-electron chi connectivity index (χ3n) is 2.12. The van der Waals surface area contributed by atoms with Gasteiger partial charge >= 0.3 is 0 Å². The number of rotatable bonds is 2. The fourth-order valence-electron chi connectivity index (χ4n) is 1.31. The molecule has 0 unspecified atom stereocenters. The highest BCUT2D eigenvalue weighted by Gasteiger charge is 2.07. The molecule has 0 saturated carbocycles. The molecule has 0 aliphatic carbocycles. The zero-order valence-electron chi connectivity index (χ0n) is 8.61. The van der Waals surface area contributed by atoms with E-state index in [0.717, 1.165) is 5.69 Å². The second-order valence-electron chi connectivity index (χ2n) is 3.26. The Morgan fingerprint density at radius 3 is 2.47 bits per heavy atom. The minimum Gasteiger partial charge on any atom is -0.339 e. The van der Waals surface area contributed by atoms with Crippen LogP contribution in [0.15, 0.2) is 36.5 Å². The van der Waals surface area contributed by atoms with Gasteiger partial charge in [-0.25, -0.2) is 4.98 Å². The van der Waals surface area contributed by atoms with E-state index >= 15 is 0 Å². The Morgan fingerprint density at radius 2 is 1.82 bits per heavy atom. The first-order valence-corrected chi connectivity index (χ1v) is 5.53. The van der Waals surface area contributed by atoms with Crippen molar-refractivity contribution >= 4 is 34.7 Å². The second kappa shape index (κ2) is 5.05. The Balaban J connectivity index is 2.34. The Labute approximate surface area is 109 Å². The van der Waals surface area contributed by atoms with Gasteiger partial charge in [0, 0.05) is 16.9 Å². The first-order valence-electron chi connectivity index (χ1n) is 4.78. The Bertz CT molecular complexity index is 573. The van der Waals surface area contributed by atoms with Crippen molar-refractivity contribution in [2.24, 2.45) is 0 Å². The summed E-state index contributed by atoms with van der Waals surface area (Å²) in [7, 11) is 0. The first-order chi connectivity index (χ1) is 8.20. The van der Waals surface area contributed by atoms with Crippen LogP contribution in [-0.4, -0.2) is 4.98 Å². The Hall–Kier alpha value is -1.76. The predicted octanol–water partition coefficient (Wildman–Crippen LogP) is 4.00. The third kappa shape index (κ3) is 2.68. The molecule has 0 radical (unpaired) electrons. The van der Waals surface area contributed by atoms with Crippen LogP contribution < -0.4 is 5.32 Å². The molecular weight excluding hydrogens is 257 g/mol. The summed E-state index contributed by atoms with van der Waals surface area (Å²) in [5.74, 6) is 0.433. The summed E-state index contributed by atoms with van der Waals surface area (Å²) >= 11 is 11.7. The number of nitrogens with one attached hydrogen (secondary N) is 1. The zero-order valence-corrected chi connectivity index (χ0v) is 10.1. The van der Waals surface area contributed by atoms with Crippen LogP contribution in [0.2, 0.25) is 10.0 Å². The SMILES string of the molecule is N#Cc1c(Cl)ccnc1Nc1ccc(Cl)cc1. The topological polar surface area (TPSA) is 48.7 Å². The molecule has 1 heterocycles. The first kappa shape index (κ1) is 11.7. The zero-order chi connectivity index (χ0) is 12.3. The number of aromatic nitrogens is 1. The molecule has 0 fully saturated rings. The number of nitriles is 1. The van der Waals surface area contributed by atoms with Crippen molar-refractivity contribution in [3.8, 4) is 6.07 Å². The standard InChI is InChI=1S/C12H7Cl2N3/c13-8-1-3-9(4-2-8)17-12-10(7-15)11(14)5-6-16-12/h1-6H,(H,16,17). The van der Waals surface area contributed by atoms with Crippen LogP contribution in [0.4, 0.5) is 11.5 Å². The minimum absolute atomic E-state index is 0.323. The molecule has 5 heteroatoms. The van der Waals surface area contributed by atoms with Gasteiger partial charge in [-0.2, -0.15) is 5.26 Å². The smallest absolute Gasteiger partial charge is 0.149 e. The number of pyridine rings is 1. The molecule has 3 nitrogen and oxygen atoms in total. The Kier molecular flexibility index (Phi) is 3.48. The van der Waals surface area contributed by atoms with Gasteiger partial charge in [-0.15, -0.1) is 0 Å². The molecule has 0 saturated heterocycles. The average molecular weight is 264 g/mol. The number of hydrogen-bond donors (Lipinski definition) is 1. The maximum atomic E-state index is 8.99. The van der Waals surface area contributed by atoms with Crippen LogP contribution in [0.25, 0.3) is 0 Å². The number of benzene rings is 1. The summed E-state index contributed by atoms with van der Waals surface area (Å²) in [5.41, 5.74) is 1.12. The molecule has 0 amide bonds. The molecule has 84 valence electrons. The van der Waals surface area contributed by atoms with E-state index in [1.165, 1.54) is 0 Å². The molecule has 1 aromatic carbocycles. The van der Waals surface area contributed by atoms with E-state index in [2.05, 4.69) is 10.3 Å². The van der Waals surface area contributed by atoms with Crippen LogP contribution in [0, 0.1) is 11.3 Å². The molecule has 0 aliphatic rings. The highest BCUT2D eigenvalue weighted by Crippen LogP contribution is 2.24. The van der Waals surface area contributed by atoms with E-state index in [9.17, 15) is 0 Å². The van der Waals surface area contributed by atoms with Crippen LogP contribution >= 0.6 is 23.2 Å². The van der Waals surface area contributed by atoms with Crippen molar-refractivity contribution in [3.05, 3.63) is 52.1 Å². The van der Waals surface area contributed by atoms with Gasteiger partial charge in [-0.05, 0) is 30.3 Å². The molecule has 0 aliphatic heterocycles. The van der Waals surface area contributed by atoms with Gasteiger partial charge in [0.25, 0.3) is 0 Å². The number of nitrogens with zero attached hydrogens (tertiary/aromatic N) is 2. The van der Waals surface area contributed by atoms with Crippen LogP contribution in [-0.2, 0) is 0 Å². The van der Waals surface area contributed by atoms with Crippen molar-refractivity contribution in [3.63, 3.8) is 0 Å². The summed E-state index contributed by atoms with van der Waals surface area (Å²) < 4.78 is 0. The molecule has 0 bridgehead atoms. The molecule has 1 aromatic heterocycles. The van der Waals surface area contributed by atoms with Crippen LogP contribution in [0.5, 0.6) is 0 Å². The lowest BCUT2D eigenvalue weighted by Crippen LogP contribution is -1.96. The van der Waals surface area contributed by atoms with Crippen molar-refractivity contribution in [2.75, 3.05) is 5.32 Å².